The fourth-order valence-electron chi connectivity index (χ4n) is 1.06. The van der Waals surface area contributed by atoms with Gasteiger partial charge in [0.15, 0.2) is 5.78 Å². The Hall–Kier alpha value is -0.900. The Labute approximate surface area is 77.6 Å². The van der Waals surface area contributed by atoms with E-state index in [-0.39, 0.29) is 0 Å². The highest BCUT2D eigenvalue weighted by molar-refractivity contribution is 5.98. The molecule has 0 aromatic heterocycles. The van der Waals surface area contributed by atoms with E-state index < -0.39 is 29.7 Å². The molecule has 0 amide bonds. The van der Waals surface area contributed by atoms with Crippen LogP contribution in [-0.2, 0) is 9.59 Å². The van der Waals surface area contributed by atoms with Crippen LogP contribution >= 0.6 is 0 Å². The third kappa shape index (κ3) is 3.14. The summed E-state index contributed by atoms with van der Waals surface area (Å²) in [7, 11) is 0. The number of hydrogen-bond acceptors (Lipinski definition) is 3. The van der Waals surface area contributed by atoms with Crippen LogP contribution in [0.5, 0.6) is 0 Å². The SMILES string of the molecule is CCC(O)C(C)(C)C(=O)CC(=O)O. The number of carboxylic acid groups (broad SMARTS) is 1. The van der Waals surface area contributed by atoms with Gasteiger partial charge in [-0.15, -0.1) is 0 Å². The van der Waals surface area contributed by atoms with E-state index >= 15 is 0 Å². The summed E-state index contributed by atoms with van der Waals surface area (Å²) in [5.74, 6) is -1.59. The molecule has 76 valence electrons. The second-order valence-corrected chi connectivity index (χ2v) is 3.64. The van der Waals surface area contributed by atoms with Crippen LogP contribution in [-0.4, -0.2) is 28.1 Å². The number of Topliss-reactive ketones (excluding diaryl/α,β-unsaturated/α-hetero) is 1. The predicted molar refractivity (Wildman–Crippen MR) is 47.3 cm³/mol. The van der Waals surface area contributed by atoms with Crippen LogP contribution in [0.3, 0.4) is 0 Å². The number of aliphatic carboxylic acids is 1. The molecule has 0 bridgehead atoms. The van der Waals surface area contributed by atoms with E-state index in [9.17, 15) is 14.7 Å². The standard InChI is InChI=1S/C9H16O4/c1-4-6(10)9(2,3)7(11)5-8(12)13/h6,10H,4-5H2,1-3H3,(H,12,13). The number of aliphatic hydroxyl groups excluding tert-OH is 1. The summed E-state index contributed by atoms with van der Waals surface area (Å²) in [5.41, 5.74) is -0.965. The molecule has 0 fully saturated rings. The van der Waals surface area contributed by atoms with E-state index in [2.05, 4.69) is 0 Å². The molecule has 0 saturated heterocycles. The lowest BCUT2D eigenvalue weighted by Crippen LogP contribution is -2.37. The highest BCUT2D eigenvalue weighted by Gasteiger charge is 2.35. The Bertz CT molecular complexity index is 208. The molecule has 0 aromatic rings. The lowest BCUT2D eigenvalue weighted by Gasteiger charge is -2.27. The molecule has 0 aliphatic heterocycles. The van der Waals surface area contributed by atoms with Crippen molar-refractivity contribution in [3.8, 4) is 0 Å². The van der Waals surface area contributed by atoms with E-state index in [1.165, 1.54) is 0 Å². The Balaban J connectivity index is 4.44. The Kier molecular flexibility index (Phi) is 4.07. The summed E-state index contributed by atoms with van der Waals surface area (Å²) in [6, 6.07) is 0. The first kappa shape index (κ1) is 12.1. The number of carboxylic acids is 1. The summed E-state index contributed by atoms with van der Waals surface area (Å²) >= 11 is 0. The van der Waals surface area contributed by atoms with Crippen molar-refractivity contribution in [1.82, 2.24) is 0 Å². The number of rotatable bonds is 5. The van der Waals surface area contributed by atoms with Crippen molar-refractivity contribution >= 4 is 11.8 Å². The fourth-order valence-corrected chi connectivity index (χ4v) is 1.06. The van der Waals surface area contributed by atoms with Crippen LogP contribution in [0, 0.1) is 5.41 Å². The Morgan fingerprint density at radius 3 is 2.15 bits per heavy atom. The van der Waals surface area contributed by atoms with Gasteiger partial charge in [0.05, 0.1) is 6.10 Å². The van der Waals surface area contributed by atoms with Crippen LogP contribution in [0.25, 0.3) is 0 Å². The van der Waals surface area contributed by atoms with Crippen LogP contribution < -0.4 is 0 Å². The average Bonchev–Trinajstić information content (AvgIpc) is 2.01. The zero-order valence-corrected chi connectivity index (χ0v) is 8.20. The molecule has 0 radical (unpaired) electrons. The van der Waals surface area contributed by atoms with E-state index in [4.69, 9.17) is 5.11 Å². The van der Waals surface area contributed by atoms with E-state index in [1.54, 1.807) is 20.8 Å². The van der Waals surface area contributed by atoms with Crippen molar-refractivity contribution in [2.75, 3.05) is 0 Å². The van der Waals surface area contributed by atoms with Crippen molar-refractivity contribution < 1.29 is 19.8 Å². The predicted octanol–water partition coefficient (Wildman–Crippen LogP) is 0.827. The maximum absolute atomic E-state index is 11.3. The van der Waals surface area contributed by atoms with Gasteiger partial charge in [0.2, 0.25) is 0 Å². The van der Waals surface area contributed by atoms with E-state index in [0.717, 1.165) is 0 Å². The summed E-state index contributed by atoms with van der Waals surface area (Å²) in [4.78, 5) is 21.6. The summed E-state index contributed by atoms with van der Waals surface area (Å²) in [6.07, 6.45) is -0.859. The number of hydrogen-bond donors (Lipinski definition) is 2. The first-order chi connectivity index (χ1) is 5.82. The summed E-state index contributed by atoms with van der Waals surface area (Å²) < 4.78 is 0. The first-order valence-corrected chi connectivity index (χ1v) is 4.25. The van der Waals surface area contributed by atoms with Gasteiger partial charge in [-0.05, 0) is 6.42 Å². The molecule has 0 heterocycles. The lowest BCUT2D eigenvalue weighted by molar-refractivity contribution is -0.144. The second kappa shape index (κ2) is 4.37. The topological polar surface area (TPSA) is 74.6 Å². The van der Waals surface area contributed by atoms with Crippen molar-refractivity contribution in [1.29, 1.82) is 0 Å². The minimum atomic E-state index is -1.15. The van der Waals surface area contributed by atoms with Gasteiger partial charge in [0.25, 0.3) is 0 Å². The van der Waals surface area contributed by atoms with Gasteiger partial charge in [-0.2, -0.15) is 0 Å². The zero-order valence-electron chi connectivity index (χ0n) is 8.20. The second-order valence-electron chi connectivity index (χ2n) is 3.64. The van der Waals surface area contributed by atoms with Gasteiger partial charge in [0.1, 0.15) is 6.42 Å². The van der Waals surface area contributed by atoms with Crippen molar-refractivity contribution in [2.24, 2.45) is 5.41 Å². The average molecular weight is 188 g/mol. The number of carbonyl (C=O) groups excluding carboxylic acids is 1. The van der Waals surface area contributed by atoms with Crippen LogP contribution in [0.2, 0.25) is 0 Å². The van der Waals surface area contributed by atoms with Crippen molar-refractivity contribution in [3.63, 3.8) is 0 Å². The fraction of sp³-hybridized carbons (Fsp3) is 0.778. The maximum Gasteiger partial charge on any atom is 0.310 e. The Morgan fingerprint density at radius 2 is 1.85 bits per heavy atom. The molecule has 0 aliphatic carbocycles. The highest BCUT2D eigenvalue weighted by Crippen LogP contribution is 2.25. The maximum atomic E-state index is 11.3. The molecule has 0 aliphatic rings. The first-order valence-electron chi connectivity index (χ1n) is 4.25. The minimum absolute atomic E-state index is 0.436. The molecular formula is C9H16O4. The molecule has 2 N–H and O–H groups in total. The number of ketones is 1. The normalized spacial score (nSPS) is 13.8. The molecule has 13 heavy (non-hydrogen) atoms. The highest BCUT2D eigenvalue weighted by atomic mass is 16.4. The molecule has 0 saturated carbocycles. The lowest BCUT2D eigenvalue weighted by atomic mass is 9.80. The van der Waals surface area contributed by atoms with Gasteiger partial charge in [0, 0.05) is 5.41 Å². The Morgan fingerprint density at radius 1 is 1.38 bits per heavy atom. The number of aliphatic hydroxyl groups is 1. The molecule has 0 spiro atoms. The molecule has 4 heteroatoms. The van der Waals surface area contributed by atoms with Gasteiger partial charge in [-0.25, -0.2) is 0 Å². The van der Waals surface area contributed by atoms with Crippen molar-refractivity contribution in [3.05, 3.63) is 0 Å². The molecule has 0 aromatic carbocycles. The summed E-state index contributed by atoms with van der Waals surface area (Å²) in [6.45, 7) is 4.87. The molecule has 1 unspecified atom stereocenters. The molecule has 0 rings (SSSR count). The smallest absolute Gasteiger partial charge is 0.310 e. The monoisotopic (exact) mass is 188 g/mol. The van der Waals surface area contributed by atoms with Crippen LogP contribution in [0.4, 0.5) is 0 Å². The quantitative estimate of drug-likeness (QED) is 0.626. The van der Waals surface area contributed by atoms with Crippen LogP contribution in [0.15, 0.2) is 0 Å². The third-order valence-corrected chi connectivity index (χ3v) is 2.25. The summed E-state index contributed by atoms with van der Waals surface area (Å²) in [5, 5.41) is 17.9. The zero-order chi connectivity index (χ0) is 10.6. The van der Waals surface area contributed by atoms with Gasteiger partial charge < -0.3 is 10.2 Å². The molecule has 1 atom stereocenters. The van der Waals surface area contributed by atoms with Gasteiger partial charge in [-0.1, -0.05) is 20.8 Å². The number of carbonyl (C=O) groups is 2. The van der Waals surface area contributed by atoms with Crippen LogP contribution in [0.1, 0.15) is 33.6 Å². The molecule has 4 nitrogen and oxygen atoms in total. The van der Waals surface area contributed by atoms with E-state index in [0.29, 0.717) is 6.42 Å². The third-order valence-electron chi connectivity index (χ3n) is 2.25. The van der Waals surface area contributed by atoms with E-state index in [1.807, 2.05) is 0 Å². The molecular weight excluding hydrogens is 172 g/mol. The van der Waals surface area contributed by atoms with Gasteiger partial charge in [-0.3, -0.25) is 9.59 Å². The van der Waals surface area contributed by atoms with Gasteiger partial charge >= 0.3 is 5.97 Å². The largest absolute Gasteiger partial charge is 0.481 e. The minimum Gasteiger partial charge on any atom is -0.481 e. The van der Waals surface area contributed by atoms with Crippen molar-refractivity contribution in [2.45, 2.75) is 39.7 Å².